The lowest BCUT2D eigenvalue weighted by molar-refractivity contribution is -0.134. The molecule has 1 aromatic carbocycles. The Labute approximate surface area is 106 Å². The van der Waals surface area contributed by atoms with Crippen LogP contribution in [-0.4, -0.2) is 24.7 Å². The van der Waals surface area contributed by atoms with Gasteiger partial charge in [0.15, 0.2) is 0 Å². The molecule has 1 aliphatic rings. The molecule has 0 amide bonds. The average Bonchev–Trinajstić information content (AvgIpc) is 2.69. The lowest BCUT2D eigenvalue weighted by Gasteiger charge is -2.26. The van der Waals surface area contributed by atoms with Gasteiger partial charge in [-0.15, -0.1) is 0 Å². The predicted molar refractivity (Wildman–Crippen MR) is 67.6 cm³/mol. The molecule has 2 N–H and O–H groups in total. The Morgan fingerprint density at radius 2 is 2.17 bits per heavy atom. The first-order valence-electron chi connectivity index (χ1n) is 5.89. The molecule has 4 heteroatoms. The first kappa shape index (κ1) is 12.6. The molecule has 0 saturated carbocycles. The van der Waals surface area contributed by atoms with E-state index in [9.17, 15) is 9.90 Å². The highest BCUT2D eigenvalue weighted by atomic mass is 16.5. The maximum absolute atomic E-state index is 11.2. The Morgan fingerprint density at radius 3 is 2.78 bits per heavy atom. The summed E-state index contributed by atoms with van der Waals surface area (Å²) in [5, 5.41) is 13.8. The van der Waals surface area contributed by atoms with Crippen LogP contribution in [-0.2, 0) is 15.1 Å². The number of benzene rings is 1. The fraction of sp³-hybridized carbons (Fsp3) is 0.357. The minimum absolute atomic E-state index is 0.181. The summed E-state index contributed by atoms with van der Waals surface area (Å²) in [6.45, 7) is 2.28. The number of rotatable bonds is 2. The SMILES string of the molecule is COC(=O)/C=C1/NCC(O)(c2ccccc2)C1C. The van der Waals surface area contributed by atoms with Crippen LogP contribution in [0.25, 0.3) is 0 Å². The third kappa shape index (κ3) is 2.11. The van der Waals surface area contributed by atoms with Crippen LogP contribution >= 0.6 is 0 Å². The van der Waals surface area contributed by atoms with Crippen LogP contribution in [0.3, 0.4) is 0 Å². The van der Waals surface area contributed by atoms with Gasteiger partial charge in [-0.25, -0.2) is 4.79 Å². The van der Waals surface area contributed by atoms with Crippen molar-refractivity contribution < 1.29 is 14.6 Å². The Morgan fingerprint density at radius 1 is 1.50 bits per heavy atom. The lowest BCUT2D eigenvalue weighted by atomic mass is 9.84. The van der Waals surface area contributed by atoms with Gasteiger partial charge in [0, 0.05) is 24.2 Å². The topological polar surface area (TPSA) is 58.6 Å². The molecule has 1 aromatic rings. The van der Waals surface area contributed by atoms with Gasteiger partial charge < -0.3 is 15.2 Å². The molecule has 0 spiro atoms. The van der Waals surface area contributed by atoms with Gasteiger partial charge in [-0.05, 0) is 5.56 Å². The number of β-amino-alcohol motifs (C(OH)–C–C–N with tert-alkyl or cyclic N) is 1. The van der Waals surface area contributed by atoms with Crippen LogP contribution in [0, 0.1) is 5.92 Å². The molecule has 1 saturated heterocycles. The Kier molecular flexibility index (Phi) is 3.39. The van der Waals surface area contributed by atoms with Crippen molar-refractivity contribution in [3.8, 4) is 0 Å². The molecule has 0 aliphatic carbocycles. The summed E-state index contributed by atoms with van der Waals surface area (Å²) in [6, 6.07) is 9.47. The molecule has 4 nitrogen and oxygen atoms in total. The van der Waals surface area contributed by atoms with E-state index in [2.05, 4.69) is 10.1 Å². The predicted octanol–water partition coefficient (Wildman–Crippen LogP) is 1.17. The molecule has 18 heavy (non-hydrogen) atoms. The highest BCUT2D eigenvalue weighted by Crippen LogP contribution is 2.37. The van der Waals surface area contributed by atoms with Crippen molar-refractivity contribution in [2.45, 2.75) is 12.5 Å². The van der Waals surface area contributed by atoms with Crippen LogP contribution in [0.5, 0.6) is 0 Å². The molecule has 1 fully saturated rings. The summed E-state index contributed by atoms with van der Waals surface area (Å²) < 4.78 is 4.60. The van der Waals surface area contributed by atoms with Crippen LogP contribution < -0.4 is 5.32 Å². The average molecular weight is 247 g/mol. The fourth-order valence-corrected chi connectivity index (χ4v) is 2.24. The van der Waals surface area contributed by atoms with E-state index in [1.165, 1.54) is 13.2 Å². The second-order valence-electron chi connectivity index (χ2n) is 4.49. The molecular weight excluding hydrogens is 230 g/mol. The summed E-state index contributed by atoms with van der Waals surface area (Å²) >= 11 is 0. The van der Waals surface area contributed by atoms with Gasteiger partial charge in [0.25, 0.3) is 0 Å². The van der Waals surface area contributed by atoms with Crippen LogP contribution in [0.15, 0.2) is 42.1 Å². The monoisotopic (exact) mass is 247 g/mol. The molecule has 2 atom stereocenters. The summed E-state index contributed by atoms with van der Waals surface area (Å²) in [6.07, 6.45) is 1.39. The van der Waals surface area contributed by atoms with E-state index < -0.39 is 11.6 Å². The van der Waals surface area contributed by atoms with E-state index >= 15 is 0 Å². The first-order valence-corrected chi connectivity index (χ1v) is 5.89. The smallest absolute Gasteiger partial charge is 0.332 e. The van der Waals surface area contributed by atoms with Crippen LogP contribution in [0.4, 0.5) is 0 Å². The highest BCUT2D eigenvalue weighted by Gasteiger charge is 2.43. The van der Waals surface area contributed by atoms with Gasteiger partial charge in [-0.2, -0.15) is 0 Å². The first-order chi connectivity index (χ1) is 8.58. The molecule has 2 rings (SSSR count). The van der Waals surface area contributed by atoms with Crippen molar-refractivity contribution in [2.24, 2.45) is 5.92 Å². The Hall–Kier alpha value is -1.81. The molecular formula is C14H17NO3. The van der Waals surface area contributed by atoms with Gasteiger partial charge in [0.05, 0.1) is 7.11 Å². The number of ether oxygens (including phenoxy) is 1. The van der Waals surface area contributed by atoms with Gasteiger partial charge >= 0.3 is 5.97 Å². The highest BCUT2D eigenvalue weighted by molar-refractivity contribution is 5.82. The molecule has 1 aliphatic heterocycles. The number of carbonyl (C=O) groups is 1. The largest absolute Gasteiger partial charge is 0.466 e. The van der Waals surface area contributed by atoms with Crippen LogP contribution in [0.2, 0.25) is 0 Å². The molecule has 96 valence electrons. The molecule has 0 radical (unpaired) electrons. The number of esters is 1. The van der Waals surface area contributed by atoms with E-state index in [0.717, 1.165) is 5.56 Å². The van der Waals surface area contributed by atoms with Crippen molar-refractivity contribution >= 4 is 5.97 Å². The number of methoxy groups -OCH3 is 1. The van der Waals surface area contributed by atoms with E-state index in [0.29, 0.717) is 12.2 Å². The number of aliphatic hydroxyl groups is 1. The minimum Gasteiger partial charge on any atom is -0.466 e. The third-order valence-electron chi connectivity index (χ3n) is 3.49. The zero-order valence-corrected chi connectivity index (χ0v) is 10.5. The van der Waals surface area contributed by atoms with Gasteiger partial charge in [0.2, 0.25) is 0 Å². The second-order valence-corrected chi connectivity index (χ2v) is 4.49. The van der Waals surface area contributed by atoms with Gasteiger partial charge in [0.1, 0.15) is 5.60 Å². The maximum Gasteiger partial charge on any atom is 0.332 e. The number of nitrogens with one attached hydrogen (secondary N) is 1. The summed E-state index contributed by atoms with van der Waals surface area (Å²) in [5.41, 5.74) is 0.563. The lowest BCUT2D eigenvalue weighted by Crippen LogP contribution is -2.33. The van der Waals surface area contributed by atoms with Crippen LogP contribution in [0.1, 0.15) is 12.5 Å². The molecule has 1 heterocycles. The molecule has 0 bridgehead atoms. The standard InChI is InChI=1S/C14H17NO3/c1-10-12(8-13(16)18-2)15-9-14(10,17)11-6-4-3-5-7-11/h3-8,10,15,17H,9H2,1-2H3/b12-8+. The summed E-state index contributed by atoms with van der Waals surface area (Å²) in [4.78, 5) is 11.2. The number of hydrogen-bond donors (Lipinski definition) is 2. The number of hydrogen-bond acceptors (Lipinski definition) is 4. The minimum atomic E-state index is -0.985. The van der Waals surface area contributed by atoms with E-state index in [-0.39, 0.29) is 5.92 Å². The Balaban J connectivity index is 2.28. The van der Waals surface area contributed by atoms with Crippen molar-refractivity contribution in [3.05, 3.63) is 47.7 Å². The third-order valence-corrected chi connectivity index (χ3v) is 3.49. The second kappa shape index (κ2) is 4.82. The van der Waals surface area contributed by atoms with Crippen molar-refractivity contribution in [2.75, 3.05) is 13.7 Å². The fourth-order valence-electron chi connectivity index (χ4n) is 2.24. The van der Waals surface area contributed by atoms with E-state index in [4.69, 9.17) is 0 Å². The van der Waals surface area contributed by atoms with Gasteiger partial charge in [-0.1, -0.05) is 37.3 Å². The van der Waals surface area contributed by atoms with Crippen molar-refractivity contribution in [3.63, 3.8) is 0 Å². The summed E-state index contributed by atoms with van der Waals surface area (Å²) in [5.74, 6) is -0.597. The van der Waals surface area contributed by atoms with Crippen molar-refractivity contribution in [1.29, 1.82) is 0 Å². The van der Waals surface area contributed by atoms with Gasteiger partial charge in [-0.3, -0.25) is 0 Å². The Bertz CT molecular complexity index is 469. The zero-order valence-electron chi connectivity index (χ0n) is 10.5. The number of carbonyl (C=O) groups excluding carboxylic acids is 1. The van der Waals surface area contributed by atoms with Crippen molar-refractivity contribution in [1.82, 2.24) is 5.32 Å². The normalized spacial score (nSPS) is 29.1. The zero-order chi connectivity index (χ0) is 13.2. The molecule has 2 unspecified atom stereocenters. The molecule has 0 aromatic heterocycles. The van der Waals surface area contributed by atoms with E-state index in [1.807, 2.05) is 37.3 Å². The van der Waals surface area contributed by atoms with E-state index in [1.54, 1.807) is 0 Å². The quantitative estimate of drug-likeness (QED) is 0.608. The summed E-state index contributed by atoms with van der Waals surface area (Å²) in [7, 11) is 1.34. The maximum atomic E-state index is 11.2.